The zero-order valence-electron chi connectivity index (χ0n) is 15.1. The van der Waals surface area contributed by atoms with Gasteiger partial charge in [-0.3, -0.25) is 9.59 Å². The molecule has 0 spiro atoms. The molecule has 0 saturated heterocycles. The van der Waals surface area contributed by atoms with Crippen LogP contribution in [0.4, 0.5) is 4.39 Å². The number of carbonyl (C=O) groups is 2. The van der Waals surface area contributed by atoms with Gasteiger partial charge in [0.2, 0.25) is 0 Å². The summed E-state index contributed by atoms with van der Waals surface area (Å²) in [5.41, 5.74) is 1.60. The number of benzene rings is 2. The van der Waals surface area contributed by atoms with Gasteiger partial charge < -0.3 is 10.2 Å². The van der Waals surface area contributed by atoms with Gasteiger partial charge in [0.15, 0.2) is 0 Å². The minimum atomic E-state index is -0.670. The van der Waals surface area contributed by atoms with Crippen LogP contribution in [0.25, 0.3) is 0 Å². The lowest BCUT2D eigenvalue weighted by atomic mass is 10.1. The normalized spacial score (nSPS) is 16.0. The van der Waals surface area contributed by atoms with Gasteiger partial charge in [0.25, 0.3) is 11.8 Å². The third-order valence-electron chi connectivity index (χ3n) is 4.97. The van der Waals surface area contributed by atoms with Crippen LogP contribution >= 0.6 is 23.2 Å². The molecule has 2 saturated carbocycles. The SMILES string of the molecule is O=C(NC1CC1)c1ccc(CN(C(=O)c2cc(F)c(Cl)cc2Cl)C2CC2)cc1. The Balaban J connectivity index is 1.50. The third-order valence-corrected chi connectivity index (χ3v) is 5.57. The lowest BCUT2D eigenvalue weighted by Crippen LogP contribution is -2.33. The number of nitrogens with zero attached hydrogens (tertiary/aromatic N) is 1. The van der Waals surface area contributed by atoms with Gasteiger partial charge in [-0.2, -0.15) is 0 Å². The fraction of sp³-hybridized carbons (Fsp3) is 0.333. The summed E-state index contributed by atoms with van der Waals surface area (Å²) >= 11 is 11.9. The maximum Gasteiger partial charge on any atom is 0.256 e. The fourth-order valence-corrected chi connectivity index (χ4v) is 3.51. The first kappa shape index (κ1) is 19.2. The van der Waals surface area contributed by atoms with Crippen LogP contribution in [0.15, 0.2) is 36.4 Å². The molecule has 0 bridgehead atoms. The quantitative estimate of drug-likeness (QED) is 0.680. The second-order valence-electron chi connectivity index (χ2n) is 7.36. The molecule has 2 aromatic rings. The summed E-state index contributed by atoms with van der Waals surface area (Å²) in [5, 5.41) is 2.97. The van der Waals surface area contributed by atoms with Crippen LogP contribution in [0.5, 0.6) is 0 Å². The molecule has 2 amide bonds. The number of hydrogen-bond acceptors (Lipinski definition) is 2. The molecular formula is C21H19Cl2FN2O2. The summed E-state index contributed by atoms with van der Waals surface area (Å²) in [6.45, 7) is 0.370. The Labute approximate surface area is 172 Å². The van der Waals surface area contributed by atoms with Crippen LogP contribution in [0.2, 0.25) is 10.0 Å². The van der Waals surface area contributed by atoms with Crippen molar-refractivity contribution >= 4 is 35.0 Å². The molecule has 0 atom stereocenters. The molecule has 0 aliphatic heterocycles. The van der Waals surface area contributed by atoms with E-state index >= 15 is 0 Å². The topological polar surface area (TPSA) is 49.4 Å². The maximum atomic E-state index is 13.8. The van der Waals surface area contributed by atoms with E-state index in [9.17, 15) is 14.0 Å². The summed E-state index contributed by atoms with van der Waals surface area (Å²) in [6.07, 6.45) is 3.88. The first-order chi connectivity index (χ1) is 13.4. The van der Waals surface area contributed by atoms with E-state index in [0.29, 0.717) is 18.2 Å². The van der Waals surface area contributed by atoms with Gasteiger partial charge in [-0.15, -0.1) is 0 Å². The Morgan fingerprint density at radius 3 is 2.32 bits per heavy atom. The third kappa shape index (κ3) is 4.31. The predicted molar refractivity (Wildman–Crippen MR) is 106 cm³/mol. The molecule has 0 radical (unpaired) electrons. The summed E-state index contributed by atoms with van der Waals surface area (Å²) in [4.78, 5) is 26.8. The lowest BCUT2D eigenvalue weighted by molar-refractivity contribution is 0.0729. The molecule has 1 N–H and O–H groups in total. The van der Waals surface area contributed by atoms with Gasteiger partial charge >= 0.3 is 0 Å². The number of rotatable bonds is 6. The highest BCUT2D eigenvalue weighted by Crippen LogP contribution is 2.32. The Morgan fingerprint density at radius 1 is 1.04 bits per heavy atom. The first-order valence-corrected chi connectivity index (χ1v) is 10.0. The summed E-state index contributed by atoms with van der Waals surface area (Å²) in [6, 6.07) is 9.97. The summed E-state index contributed by atoms with van der Waals surface area (Å²) < 4.78 is 13.8. The molecule has 0 unspecified atom stereocenters. The second-order valence-corrected chi connectivity index (χ2v) is 8.17. The smallest absolute Gasteiger partial charge is 0.256 e. The number of amides is 2. The van der Waals surface area contributed by atoms with Crippen LogP contribution in [0, 0.1) is 5.82 Å². The van der Waals surface area contributed by atoms with Gasteiger partial charge in [-0.1, -0.05) is 35.3 Å². The summed E-state index contributed by atoms with van der Waals surface area (Å²) in [5.74, 6) is -1.07. The number of nitrogens with one attached hydrogen (secondary N) is 1. The molecule has 2 fully saturated rings. The van der Waals surface area contributed by atoms with E-state index in [1.165, 1.54) is 6.07 Å². The number of carbonyl (C=O) groups excluding carboxylic acids is 2. The predicted octanol–water partition coefficient (Wildman–Crippen LogP) is 4.83. The van der Waals surface area contributed by atoms with Gasteiger partial charge in [0.1, 0.15) is 5.82 Å². The van der Waals surface area contributed by atoms with Crippen molar-refractivity contribution in [3.05, 3.63) is 69.0 Å². The van der Waals surface area contributed by atoms with Crippen molar-refractivity contribution in [1.29, 1.82) is 0 Å². The molecule has 7 heteroatoms. The zero-order chi connectivity index (χ0) is 19.8. The van der Waals surface area contributed by atoms with Crippen molar-refractivity contribution in [3.63, 3.8) is 0 Å². The number of halogens is 3. The van der Waals surface area contributed by atoms with Crippen molar-refractivity contribution in [2.45, 2.75) is 44.3 Å². The monoisotopic (exact) mass is 420 g/mol. The van der Waals surface area contributed by atoms with E-state index in [1.807, 2.05) is 12.1 Å². The first-order valence-electron chi connectivity index (χ1n) is 9.27. The average molecular weight is 421 g/mol. The van der Waals surface area contributed by atoms with Crippen LogP contribution in [0.3, 0.4) is 0 Å². The van der Waals surface area contributed by atoms with E-state index in [4.69, 9.17) is 23.2 Å². The molecule has 28 heavy (non-hydrogen) atoms. The van der Waals surface area contributed by atoms with Crippen LogP contribution in [0.1, 0.15) is 52.0 Å². The molecule has 4 rings (SSSR count). The Morgan fingerprint density at radius 2 is 1.71 bits per heavy atom. The van der Waals surface area contributed by atoms with E-state index in [0.717, 1.165) is 37.3 Å². The molecular weight excluding hydrogens is 402 g/mol. The molecule has 2 aromatic carbocycles. The summed E-state index contributed by atoms with van der Waals surface area (Å²) in [7, 11) is 0. The van der Waals surface area contributed by atoms with Crippen molar-refractivity contribution in [1.82, 2.24) is 10.2 Å². The lowest BCUT2D eigenvalue weighted by Gasteiger charge is -2.23. The van der Waals surface area contributed by atoms with Crippen molar-refractivity contribution in [2.24, 2.45) is 0 Å². The van der Waals surface area contributed by atoms with Crippen LogP contribution in [-0.4, -0.2) is 28.8 Å². The van der Waals surface area contributed by atoms with Gasteiger partial charge in [-0.25, -0.2) is 4.39 Å². The fourth-order valence-electron chi connectivity index (χ4n) is 3.05. The van der Waals surface area contributed by atoms with Crippen LogP contribution < -0.4 is 5.32 Å². The van der Waals surface area contributed by atoms with Crippen molar-refractivity contribution in [2.75, 3.05) is 0 Å². The highest BCUT2D eigenvalue weighted by atomic mass is 35.5. The highest BCUT2D eigenvalue weighted by molar-refractivity contribution is 6.36. The van der Waals surface area contributed by atoms with Crippen molar-refractivity contribution in [3.8, 4) is 0 Å². The molecule has 0 aromatic heterocycles. The van der Waals surface area contributed by atoms with E-state index < -0.39 is 5.82 Å². The minimum absolute atomic E-state index is 0.0763. The Bertz CT molecular complexity index is 925. The Hall–Kier alpha value is -2.11. The van der Waals surface area contributed by atoms with Crippen molar-refractivity contribution < 1.29 is 14.0 Å². The molecule has 146 valence electrons. The average Bonchev–Trinajstić information content (AvgIpc) is 3.57. The Kier molecular flexibility index (Phi) is 5.30. The van der Waals surface area contributed by atoms with Gasteiger partial charge in [0.05, 0.1) is 15.6 Å². The number of hydrogen-bond donors (Lipinski definition) is 1. The largest absolute Gasteiger partial charge is 0.349 e. The molecule has 2 aliphatic rings. The maximum absolute atomic E-state index is 13.8. The standard InChI is InChI=1S/C21H19Cl2FN2O2/c22-17-10-18(23)19(24)9-16(17)21(28)26(15-7-8-15)11-12-1-3-13(4-2-12)20(27)25-14-5-6-14/h1-4,9-10,14-15H,5-8,11H2,(H,25,27). The highest BCUT2D eigenvalue weighted by Gasteiger charge is 2.34. The van der Waals surface area contributed by atoms with Crippen LogP contribution in [-0.2, 0) is 6.54 Å². The minimum Gasteiger partial charge on any atom is -0.349 e. The van der Waals surface area contributed by atoms with E-state index in [2.05, 4.69) is 5.32 Å². The van der Waals surface area contributed by atoms with Gasteiger partial charge in [-0.05, 0) is 55.5 Å². The second kappa shape index (κ2) is 7.72. The molecule has 4 nitrogen and oxygen atoms in total. The van der Waals surface area contributed by atoms with E-state index in [-0.39, 0.29) is 33.5 Å². The van der Waals surface area contributed by atoms with E-state index in [1.54, 1.807) is 17.0 Å². The molecule has 2 aliphatic carbocycles. The zero-order valence-corrected chi connectivity index (χ0v) is 16.6. The van der Waals surface area contributed by atoms with Gasteiger partial charge in [0, 0.05) is 24.2 Å². The molecule has 0 heterocycles.